The van der Waals surface area contributed by atoms with Gasteiger partial charge in [0.25, 0.3) is 0 Å². The zero-order chi connectivity index (χ0) is 12.6. The summed E-state index contributed by atoms with van der Waals surface area (Å²) in [5.41, 5.74) is -0.212. The molecular weight excluding hydrogens is 216 g/mol. The second-order valence-electron chi connectivity index (χ2n) is 5.65. The van der Waals surface area contributed by atoms with Crippen molar-refractivity contribution in [1.29, 1.82) is 0 Å². The van der Waals surface area contributed by atoms with Crippen molar-refractivity contribution in [2.45, 2.75) is 57.8 Å². The number of nitrogens with one attached hydrogen (secondary N) is 1. The van der Waals surface area contributed by atoms with Crippen LogP contribution >= 0.6 is 0 Å². The lowest BCUT2D eigenvalue weighted by Crippen LogP contribution is -2.48. The van der Waals surface area contributed by atoms with Gasteiger partial charge < -0.3 is 9.64 Å². The maximum absolute atomic E-state index is 12.5. The van der Waals surface area contributed by atoms with Crippen LogP contribution in [0.3, 0.4) is 0 Å². The summed E-state index contributed by atoms with van der Waals surface area (Å²) in [5.74, 6) is 0.727. The lowest BCUT2D eigenvalue weighted by molar-refractivity contribution is -0.134. The van der Waals surface area contributed by atoms with Crippen LogP contribution in [0.1, 0.15) is 40.0 Å². The summed E-state index contributed by atoms with van der Waals surface area (Å²) in [7, 11) is 1.70. The zero-order valence-electron chi connectivity index (χ0n) is 11.3. The molecule has 2 unspecified atom stereocenters. The molecule has 98 valence electrons. The third-order valence-electron chi connectivity index (χ3n) is 3.97. The van der Waals surface area contributed by atoms with Gasteiger partial charge >= 0.3 is 0 Å². The van der Waals surface area contributed by atoms with Gasteiger partial charge in [0.15, 0.2) is 0 Å². The summed E-state index contributed by atoms with van der Waals surface area (Å²) in [4.78, 5) is 14.5. The minimum Gasteiger partial charge on any atom is -0.383 e. The van der Waals surface area contributed by atoms with E-state index in [2.05, 4.69) is 26.1 Å². The van der Waals surface area contributed by atoms with Crippen LogP contribution < -0.4 is 5.32 Å². The van der Waals surface area contributed by atoms with Crippen LogP contribution in [0.5, 0.6) is 0 Å². The molecule has 0 bridgehead atoms. The minimum atomic E-state index is -0.212. The first kappa shape index (κ1) is 12.8. The van der Waals surface area contributed by atoms with E-state index < -0.39 is 0 Å². The van der Waals surface area contributed by atoms with Gasteiger partial charge in [-0.1, -0.05) is 20.8 Å². The number of nitrogens with zero attached hydrogens (tertiary/aromatic N) is 1. The highest BCUT2D eigenvalue weighted by molar-refractivity contribution is 5.92. The average Bonchev–Trinajstić information content (AvgIpc) is 3.00. The molecular formula is C13H24N2O2. The van der Waals surface area contributed by atoms with E-state index in [1.165, 1.54) is 0 Å². The topological polar surface area (TPSA) is 41.6 Å². The summed E-state index contributed by atoms with van der Waals surface area (Å²) in [6.07, 6.45) is 3.11. The summed E-state index contributed by atoms with van der Waals surface area (Å²) in [6.45, 7) is 7.08. The van der Waals surface area contributed by atoms with Crippen LogP contribution in [0.25, 0.3) is 0 Å². The normalized spacial score (nSPS) is 28.2. The second-order valence-corrected chi connectivity index (χ2v) is 5.65. The fourth-order valence-electron chi connectivity index (χ4n) is 2.74. The smallest absolute Gasteiger partial charge is 0.244 e. The predicted octanol–water partition coefficient (Wildman–Crippen LogP) is 1.36. The van der Waals surface area contributed by atoms with E-state index in [9.17, 15) is 4.79 Å². The molecule has 2 fully saturated rings. The highest BCUT2D eigenvalue weighted by atomic mass is 16.5. The molecule has 0 radical (unpaired) electrons. The van der Waals surface area contributed by atoms with Crippen molar-refractivity contribution < 1.29 is 9.53 Å². The van der Waals surface area contributed by atoms with Gasteiger partial charge in [0.1, 0.15) is 0 Å². The molecule has 17 heavy (non-hydrogen) atoms. The Morgan fingerprint density at radius 1 is 1.53 bits per heavy atom. The highest BCUT2D eigenvalue weighted by Crippen LogP contribution is 2.44. The van der Waals surface area contributed by atoms with Crippen LogP contribution in [0.2, 0.25) is 0 Å². The van der Waals surface area contributed by atoms with Gasteiger partial charge in [-0.2, -0.15) is 0 Å². The lowest BCUT2D eigenvalue weighted by atomic mass is 10.1. The monoisotopic (exact) mass is 240 g/mol. The summed E-state index contributed by atoms with van der Waals surface area (Å²) >= 11 is 0. The molecule has 0 aromatic heterocycles. The molecule has 0 aromatic carbocycles. The lowest BCUT2D eigenvalue weighted by Gasteiger charge is -2.33. The van der Waals surface area contributed by atoms with Crippen LogP contribution in [0, 0.1) is 5.92 Å². The van der Waals surface area contributed by atoms with Crippen molar-refractivity contribution in [3.63, 3.8) is 0 Å². The number of hydrogen-bond donors (Lipinski definition) is 1. The molecule has 1 amide bonds. The Labute approximate surface area is 104 Å². The maximum atomic E-state index is 12.5. The van der Waals surface area contributed by atoms with Crippen molar-refractivity contribution >= 4 is 5.91 Å². The molecule has 1 spiro atoms. The van der Waals surface area contributed by atoms with Crippen molar-refractivity contribution in [2.24, 2.45) is 5.92 Å². The largest absolute Gasteiger partial charge is 0.383 e. The minimum absolute atomic E-state index is 0.171. The van der Waals surface area contributed by atoms with Crippen molar-refractivity contribution in [3.05, 3.63) is 0 Å². The molecule has 1 saturated carbocycles. The van der Waals surface area contributed by atoms with Crippen LogP contribution in [-0.2, 0) is 9.53 Å². The number of amides is 1. The molecule has 0 aromatic rings. The SMILES string of the molecule is CCC(COC)N1C(=O)C2(CC2)NC1C(C)C. The number of ether oxygens (including phenoxy) is 1. The van der Waals surface area contributed by atoms with Gasteiger partial charge in [-0.15, -0.1) is 0 Å². The fraction of sp³-hybridized carbons (Fsp3) is 0.923. The molecule has 1 N–H and O–H groups in total. The summed E-state index contributed by atoms with van der Waals surface area (Å²) in [5, 5.41) is 3.53. The second kappa shape index (κ2) is 4.58. The number of methoxy groups -OCH3 is 1. The Morgan fingerprint density at radius 2 is 2.18 bits per heavy atom. The summed E-state index contributed by atoms with van der Waals surface area (Å²) < 4.78 is 5.25. The first-order chi connectivity index (χ1) is 8.05. The Kier molecular flexibility index (Phi) is 3.46. The number of carbonyl (C=O) groups excluding carboxylic acids is 1. The molecule has 2 aliphatic rings. The first-order valence-corrected chi connectivity index (χ1v) is 6.65. The number of carbonyl (C=O) groups is 1. The van der Waals surface area contributed by atoms with E-state index >= 15 is 0 Å². The van der Waals surface area contributed by atoms with Gasteiger partial charge in [0, 0.05) is 7.11 Å². The van der Waals surface area contributed by atoms with Gasteiger partial charge in [-0.3, -0.25) is 10.1 Å². The number of hydrogen-bond acceptors (Lipinski definition) is 3. The van der Waals surface area contributed by atoms with Gasteiger partial charge in [-0.25, -0.2) is 0 Å². The van der Waals surface area contributed by atoms with Crippen molar-refractivity contribution in [1.82, 2.24) is 10.2 Å². The van der Waals surface area contributed by atoms with Crippen molar-refractivity contribution in [2.75, 3.05) is 13.7 Å². The van der Waals surface area contributed by atoms with E-state index in [4.69, 9.17) is 4.74 Å². The first-order valence-electron chi connectivity index (χ1n) is 6.65. The molecule has 1 saturated heterocycles. The van der Waals surface area contributed by atoms with Crippen LogP contribution in [-0.4, -0.2) is 42.3 Å². The van der Waals surface area contributed by atoms with Gasteiger partial charge in [-0.05, 0) is 25.2 Å². The maximum Gasteiger partial charge on any atom is 0.244 e. The quantitative estimate of drug-likeness (QED) is 0.789. The van der Waals surface area contributed by atoms with Crippen molar-refractivity contribution in [3.8, 4) is 0 Å². The van der Waals surface area contributed by atoms with Crippen LogP contribution in [0.15, 0.2) is 0 Å². The predicted molar refractivity (Wildman–Crippen MR) is 66.5 cm³/mol. The highest BCUT2D eigenvalue weighted by Gasteiger charge is 2.60. The Hall–Kier alpha value is -0.610. The van der Waals surface area contributed by atoms with E-state index in [1.54, 1.807) is 7.11 Å². The molecule has 1 heterocycles. The number of rotatable bonds is 5. The third kappa shape index (κ3) is 2.08. The molecule has 2 atom stereocenters. The average molecular weight is 240 g/mol. The molecule has 4 nitrogen and oxygen atoms in total. The van der Waals surface area contributed by atoms with E-state index in [1.807, 2.05) is 4.90 Å². The molecule has 1 aliphatic heterocycles. The molecule has 4 heteroatoms. The summed E-state index contributed by atoms with van der Waals surface area (Å²) in [6, 6.07) is 0.201. The third-order valence-corrected chi connectivity index (χ3v) is 3.97. The van der Waals surface area contributed by atoms with E-state index in [0.717, 1.165) is 19.3 Å². The molecule has 1 aliphatic carbocycles. The fourth-order valence-corrected chi connectivity index (χ4v) is 2.74. The van der Waals surface area contributed by atoms with E-state index in [-0.39, 0.29) is 17.7 Å². The zero-order valence-corrected chi connectivity index (χ0v) is 11.3. The van der Waals surface area contributed by atoms with Gasteiger partial charge in [0.05, 0.1) is 24.4 Å². The van der Waals surface area contributed by atoms with Crippen LogP contribution in [0.4, 0.5) is 0 Å². The molecule has 2 rings (SSSR count). The Morgan fingerprint density at radius 3 is 2.59 bits per heavy atom. The Bertz CT molecular complexity index is 300. The Balaban J connectivity index is 2.18. The van der Waals surface area contributed by atoms with E-state index in [0.29, 0.717) is 18.4 Å². The van der Waals surface area contributed by atoms with Gasteiger partial charge in [0.2, 0.25) is 5.91 Å². The standard InChI is InChI=1S/C13H24N2O2/c1-5-10(8-17-4)15-11(9(2)3)14-13(6-7-13)12(15)16/h9-11,14H,5-8H2,1-4H3.